The zero-order valence-electron chi connectivity index (χ0n) is 11.1. The zero-order chi connectivity index (χ0) is 13.9. The highest BCUT2D eigenvalue weighted by Crippen LogP contribution is 2.15. The first-order chi connectivity index (χ1) is 9.74. The van der Waals surface area contributed by atoms with E-state index in [1.54, 1.807) is 12.4 Å². The molecule has 3 aromatic rings. The lowest BCUT2D eigenvalue weighted by Gasteiger charge is -2.07. The summed E-state index contributed by atoms with van der Waals surface area (Å²) in [6, 6.07) is 9.60. The molecule has 0 saturated heterocycles. The third-order valence-electron chi connectivity index (χ3n) is 3.14. The van der Waals surface area contributed by atoms with Crippen LogP contribution in [0.1, 0.15) is 17.6 Å². The van der Waals surface area contributed by atoms with Gasteiger partial charge in [-0.25, -0.2) is 4.98 Å². The van der Waals surface area contributed by atoms with Gasteiger partial charge in [-0.2, -0.15) is 15.0 Å². The fourth-order valence-corrected chi connectivity index (χ4v) is 1.98. The van der Waals surface area contributed by atoms with E-state index in [1.165, 1.54) is 4.80 Å². The molecule has 0 amide bonds. The minimum atomic E-state index is -0.714. The van der Waals surface area contributed by atoms with Crippen molar-refractivity contribution in [3.05, 3.63) is 60.4 Å². The van der Waals surface area contributed by atoms with Gasteiger partial charge in [0.1, 0.15) is 17.6 Å². The van der Waals surface area contributed by atoms with Crippen molar-refractivity contribution in [3.8, 4) is 5.69 Å². The number of benzene rings is 1. The number of imidazole rings is 1. The number of aromatic nitrogens is 5. The molecule has 0 bridgehead atoms. The first-order valence-electron chi connectivity index (χ1n) is 6.36. The number of para-hydroxylation sites is 1. The van der Waals surface area contributed by atoms with Gasteiger partial charge >= 0.3 is 0 Å². The van der Waals surface area contributed by atoms with Crippen LogP contribution in [0.25, 0.3) is 5.69 Å². The lowest BCUT2D eigenvalue weighted by molar-refractivity contribution is 0.169. The van der Waals surface area contributed by atoms with E-state index in [-0.39, 0.29) is 0 Å². The van der Waals surface area contributed by atoms with Crippen molar-refractivity contribution in [2.45, 2.75) is 12.5 Å². The summed E-state index contributed by atoms with van der Waals surface area (Å²) in [5.41, 5.74) is 1.40. The first-order valence-corrected chi connectivity index (χ1v) is 6.36. The molecule has 6 heteroatoms. The minimum Gasteiger partial charge on any atom is -0.386 e. The van der Waals surface area contributed by atoms with Crippen LogP contribution in [-0.2, 0) is 13.5 Å². The van der Waals surface area contributed by atoms with Crippen molar-refractivity contribution < 1.29 is 5.11 Å². The molecule has 0 aliphatic rings. The van der Waals surface area contributed by atoms with Gasteiger partial charge in [-0.1, -0.05) is 18.2 Å². The Balaban J connectivity index is 1.78. The molecule has 1 unspecified atom stereocenters. The maximum atomic E-state index is 10.2. The lowest BCUT2D eigenvalue weighted by atomic mass is 10.2. The van der Waals surface area contributed by atoms with Gasteiger partial charge in [0.25, 0.3) is 0 Å². The van der Waals surface area contributed by atoms with Crippen molar-refractivity contribution in [2.24, 2.45) is 7.05 Å². The molecule has 1 N–H and O–H groups in total. The van der Waals surface area contributed by atoms with Crippen molar-refractivity contribution in [1.29, 1.82) is 0 Å². The smallest absolute Gasteiger partial charge is 0.112 e. The Bertz CT molecular complexity index is 688. The summed E-state index contributed by atoms with van der Waals surface area (Å²) in [4.78, 5) is 5.71. The molecule has 6 nitrogen and oxygen atoms in total. The van der Waals surface area contributed by atoms with Gasteiger partial charge in [-0.3, -0.25) is 0 Å². The van der Waals surface area contributed by atoms with E-state index >= 15 is 0 Å². The van der Waals surface area contributed by atoms with E-state index < -0.39 is 6.10 Å². The molecule has 102 valence electrons. The van der Waals surface area contributed by atoms with Gasteiger partial charge in [0.15, 0.2) is 0 Å². The van der Waals surface area contributed by atoms with E-state index in [4.69, 9.17) is 0 Å². The summed E-state index contributed by atoms with van der Waals surface area (Å²) in [6.07, 6.45) is 4.84. The van der Waals surface area contributed by atoms with Crippen molar-refractivity contribution in [1.82, 2.24) is 24.5 Å². The highest BCUT2D eigenvalue weighted by molar-refractivity contribution is 5.28. The van der Waals surface area contributed by atoms with Crippen molar-refractivity contribution >= 4 is 0 Å². The van der Waals surface area contributed by atoms with E-state index in [9.17, 15) is 5.11 Å². The molecule has 1 aromatic carbocycles. The van der Waals surface area contributed by atoms with Gasteiger partial charge in [-0.15, -0.1) is 0 Å². The molecule has 0 fully saturated rings. The topological polar surface area (TPSA) is 68.8 Å². The van der Waals surface area contributed by atoms with E-state index in [1.807, 2.05) is 48.1 Å². The highest BCUT2D eigenvalue weighted by Gasteiger charge is 2.15. The number of aryl methyl sites for hydroxylation is 1. The normalized spacial score (nSPS) is 12.5. The minimum absolute atomic E-state index is 0.414. The highest BCUT2D eigenvalue weighted by atomic mass is 16.3. The second-order valence-corrected chi connectivity index (χ2v) is 4.57. The van der Waals surface area contributed by atoms with Crippen LogP contribution >= 0.6 is 0 Å². The second kappa shape index (κ2) is 5.26. The Morgan fingerprint density at radius 2 is 2.05 bits per heavy atom. The Kier molecular flexibility index (Phi) is 3.30. The molecular formula is C14H15N5O. The van der Waals surface area contributed by atoms with Crippen LogP contribution in [0.15, 0.2) is 48.9 Å². The molecule has 0 spiro atoms. The van der Waals surface area contributed by atoms with Crippen LogP contribution in [-0.4, -0.2) is 29.7 Å². The zero-order valence-corrected chi connectivity index (χ0v) is 11.1. The van der Waals surface area contributed by atoms with Crippen LogP contribution in [0, 0.1) is 0 Å². The van der Waals surface area contributed by atoms with Crippen LogP contribution in [0.5, 0.6) is 0 Å². The first kappa shape index (κ1) is 12.6. The maximum Gasteiger partial charge on any atom is 0.112 e. The summed E-state index contributed by atoms with van der Waals surface area (Å²) in [5, 5.41) is 18.7. The molecule has 20 heavy (non-hydrogen) atoms. The average molecular weight is 269 g/mol. The Morgan fingerprint density at radius 1 is 1.25 bits per heavy atom. The molecule has 0 aliphatic heterocycles. The summed E-state index contributed by atoms with van der Waals surface area (Å²) in [6.45, 7) is 0. The summed E-state index contributed by atoms with van der Waals surface area (Å²) >= 11 is 0. The number of rotatable bonds is 4. The summed E-state index contributed by atoms with van der Waals surface area (Å²) in [7, 11) is 1.90. The van der Waals surface area contributed by atoms with Gasteiger partial charge in [0.2, 0.25) is 0 Å². The quantitative estimate of drug-likeness (QED) is 0.774. The average Bonchev–Trinajstić information content (AvgIpc) is 3.10. The molecular weight excluding hydrogens is 254 g/mol. The van der Waals surface area contributed by atoms with Crippen LogP contribution in [0.4, 0.5) is 0 Å². The Hall–Kier alpha value is -2.47. The monoisotopic (exact) mass is 269 g/mol. The third kappa shape index (κ3) is 2.46. The third-order valence-corrected chi connectivity index (χ3v) is 3.14. The number of hydrogen-bond donors (Lipinski definition) is 1. The van der Waals surface area contributed by atoms with Crippen LogP contribution in [0.3, 0.4) is 0 Å². The fraction of sp³-hybridized carbons (Fsp3) is 0.214. The summed E-state index contributed by atoms with van der Waals surface area (Å²) < 4.78 is 1.88. The molecule has 3 rings (SSSR count). The largest absolute Gasteiger partial charge is 0.386 e. The standard InChI is InChI=1S/C14H15N5O/c1-18-8-7-15-14(18)9-13(20)12-10-16-19(17-12)11-5-3-2-4-6-11/h2-8,10,13,20H,9H2,1H3. The SMILES string of the molecule is Cn1ccnc1CC(O)c1cnn(-c2ccccc2)n1. The number of aliphatic hydroxyl groups is 1. The van der Waals surface area contributed by atoms with E-state index in [0.29, 0.717) is 12.1 Å². The Morgan fingerprint density at radius 3 is 2.75 bits per heavy atom. The molecule has 0 radical (unpaired) electrons. The predicted octanol–water partition coefficient (Wildman–Crippen LogP) is 1.28. The maximum absolute atomic E-state index is 10.2. The molecule has 2 heterocycles. The summed E-state index contributed by atoms with van der Waals surface area (Å²) in [5.74, 6) is 0.812. The van der Waals surface area contributed by atoms with Gasteiger partial charge < -0.3 is 9.67 Å². The van der Waals surface area contributed by atoms with Crippen molar-refractivity contribution in [2.75, 3.05) is 0 Å². The number of aliphatic hydroxyl groups excluding tert-OH is 1. The molecule has 2 aromatic heterocycles. The number of nitrogens with zero attached hydrogens (tertiary/aromatic N) is 5. The molecule has 0 saturated carbocycles. The van der Waals surface area contributed by atoms with Gasteiger partial charge in [0, 0.05) is 25.9 Å². The molecule has 0 aliphatic carbocycles. The number of hydrogen-bond acceptors (Lipinski definition) is 4. The van der Waals surface area contributed by atoms with E-state index in [2.05, 4.69) is 15.2 Å². The molecule has 1 atom stereocenters. The lowest BCUT2D eigenvalue weighted by Crippen LogP contribution is -2.08. The van der Waals surface area contributed by atoms with Crippen molar-refractivity contribution in [3.63, 3.8) is 0 Å². The van der Waals surface area contributed by atoms with Crippen LogP contribution < -0.4 is 0 Å². The Labute approximate surface area is 116 Å². The van der Waals surface area contributed by atoms with E-state index in [0.717, 1.165) is 11.5 Å². The predicted molar refractivity (Wildman–Crippen MR) is 73.2 cm³/mol. The second-order valence-electron chi connectivity index (χ2n) is 4.57. The fourth-order valence-electron chi connectivity index (χ4n) is 1.98. The van der Waals surface area contributed by atoms with Crippen LogP contribution in [0.2, 0.25) is 0 Å². The van der Waals surface area contributed by atoms with Gasteiger partial charge in [-0.05, 0) is 12.1 Å². The van der Waals surface area contributed by atoms with Gasteiger partial charge in [0.05, 0.1) is 11.9 Å².